The highest BCUT2D eigenvalue weighted by atomic mass is 32.2. The van der Waals surface area contributed by atoms with Gasteiger partial charge in [0, 0.05) is 47.4 Å². The van der Waals surface area contributed by atoms with Crippen LogP contribution < -0.4 is 0 Å². The second kappa shape index (κ2) is 12.1. The zero-order chi connectivity index (χ0) is 19.6. The van der Waals surface area contributed by atoms with Crippen LogP contribution in [0.4, 0.5) is 0 Å². The standard InChI is InChI=1S/C22H30N2OS3/c1-19(25)26-18-17-24(16-15-23-13-5-6-14-23)28-22-11-9-21(10-12-22)27-20-7-3-2-4-8-20/h2-4,7-11,22H,5-6,12-18H2,1H3. The van der Waals surface area contributed by atoms with Gasteiger partial charge < -0.3 is 4.90 Å². The van der Waals surface area contributed by atoms with Gasteiger partial charge in [-0.1, -0.05) is 71.9 Å². The van der Waals surface area contributed by atoms with Gasteiger partial charge >= 0.3 is 0 Å². The molecular weight excluding hydrogens is 404 g/mol. The molecule has 1 saturated heterocycles. The molecule has 1 aliphatic carbocycles. The lowest BCUT2D eigenvalue weighted by molar-refractivity contribution is -0.109. The van der Waals surface area contributed by atoms with Crippen molar-refractivity contribution >= 4 is 40.6 Å². The molecule has 28 heavy (non-hydrogen) atoms. The number of carbonyl (C=O) groups excluding carboxylic acids is 1. The summed E-state index contributed by atoms with van der Waals surface area (Å²) in [7, 11) is 0. The van der Waals surface area contributed by atoms with Crippen LogP contribution in [-0.4, -0.2) is 58.0 Å². The van der Waals surface area contributed by atoms with Gasteiger partial charge in [-0.25, -0.2) is 4.31 Å². The molecule has 3 rings (SSSR count). The molecule has 1 unspecified atom stereocenters. The van der Waals surface area contributed by atoms with E-state index >= 15 is 0 Å². The SMILES string of the molecule is CC(=O)SCCN(CCN1CCCC1)SC1C=CC(Sc2ccccc2)=CC1. The second-order valence-corrected chi connectivity index (χ2v) is 10.8. The number of benzene rings is 1. The van der Waals surface area contributed by atoms with Crippen molar-refractivity contribution in [2.24, 2.45) is 0 Å². The van der Waals surface area contributed by atoms with Crippen LogP contribution in [0.25, 0.3) is 0 Å². The van der Waals surface area contributed by atoms with Crippen molar-refractivity contribution in [2.75, 3.05) is 38.5 Å². The van der Waals surface area contributed by atoms with E-state index in [1.807, 2.05) is 23.7 Å². The molecule has 0 amide bonds. The van der Waals surface area contributed by atoms with Crippen molar-refractivity contribution in [2.45, 2.75) is 36.3 Å². The zero-order valence-electron chi connectivity index (χ0n) is 16.6. The highest BCUT2D eigenvalue weighted by Gasteiger charge is 2.18. The van der Waals surface area contributed by atoms with E-state index in [-0.39, 0.29) is 5.12 Å². The predicted octanol–water partition coefficient (Wildman–Crippen LogP) is 5.32. The Hall–Kier alpha value is -0.660. The van der Waals surface area contributed by atoms with Crippen LogP contribution in [0.2, 0.25) is 0 Å². The molecule has 0 spiro atoms. The minimum atomic E-state index is 0.215. The van der Waals surface area contributed by atoms with Crippen LogP contribution in [0.15, 0.2) is 58.4 Å². The van der Waals surface area contributed by atoms with E-state index in [1.54, 1.807) is 6.92 Å². The topological polar surface area (TPSA) is 23.6 Å². The Labute approximate surface area is 182 Å². The second-order valence-electron chi connectivity index (χ2n) is 7.08. The minimum Gasteiger partial charge on any atom is -0.302 e. The molecule has 0 saturated carbocycles. The van der Waals surface area contributed by atoms with E-state index in [1.165, 1.54) is 47.5 Å². The molecule has 0 N–H and O–H groups in total. The maximum atomic E-state index is 11.3. The van der Waals surface area contributed by atoms with Crippen LogP contribution in [0, 0.1) is 0 Å². The number of allylic oxidation sites excluding steroid dienone is 2. The molecule has 0 aromatic heterocycles. The smallest absolute Gasteiger partial charge is 0.185 e. The van der Waals surface area contributed by atoms with Crippen molar-refractivity contribution in [3.05, 3.63) is 53.5 Å². The van der Waals surface area contributed by atoms with Crippen molar-refractivity contribution in [1.29, 1.82) is 0 Å². The number of likely N-dealkylation sites (tertiary alicyclic amines) is 1. The average molecular weight is 435 g/mol. The maximum Gasteiger partial charge on any atom is 0.185 e. The Morgan fingerprint density at radius 1 is 1.18 bits per heavy atom. The van der Waals surface area contributed by atoms with E-state index in [4.69, 9.17) is 0 Å². The van der Waals surface area contributed by atoms with Crippen LogP contribution in [0.5, 0.6) is 0 Å². The fraction of sp³-hybridized carbons (Fsp3) is 0.500. The number of hydrogen-bond donors (Lipinski definition) is 0. The maximum absolute atomic E-state index is 11.3. The van der Waals surface area contributed by atoms with Crippen molar-refractivity contribution < 1.29 is 4.79 Å². The molecule has 0 bridgehead atoms. The quantitative estimate of drug-likeness (QED) is 0.462. The molecule has 3 nitrogen and oxygen atoms in total. The number of thioether (sulfide) groups is 2. The van der Waals surface area contributed by atoms with Gasteiger partial charge in [-0.15, -0.1) is 0 Å². The van der Waals surface area contributed by atoms with Gasteiger partial charge in [0.1, 0.15) is 0 Å². The summed E-state index contributed by atoms with van der Waals surface area (Å²) in [5.74, 6) is 0.879. The van der Waals surface area contributed by atoms with Gasteiger partial charge in [0.25, 0.3) is 0 Å². The van der Waals surface area contributed by atoms with E-state index in [9.17, 15) is 4.79 Å². The van der Waals surface area contributed by atoms with Crippen molar-refractivity contribution in [3.8, 4) is 0 Å². The lowest BCUT2D eigenvalue weighted by Crippen LogP contribution is -2.32. The molecule has 6 heteroatoms. The summed E-state index contributed by atoms with van der Waals surface area (Å²) in [6.45, 7) is 7.32. The Bertz CT molecular complexity index is 672. The zero-order valence-corrected chi connectivity index (χ0v) is 19.0. The Morgan fingerprint density at radius 3 is 2.64 bits per heavy atom. The Morgan fingerprint density at radius 2 is 1.96 bits per heavy atom. The van der Waals surface area contributed by atoms with Crippen molar-refractivity contribution in [3.63, 3.8) is 0 Å². The average Bonchev–Trinajstić information content (AvgIpc) is 3.22. The fourth-order valence-corrected chi connectivity index (χ4v) is 6.02. The molecule has 0 radical (unpaired) electrons. The Kier molecular flexibility index (Phi) is 9.55. The lowest BCUT2D eigenvalue weighted by atomic mass is 10.2. The minimum absolute atomic E-state index is 0.215. The summed E-state index contributed by atoms with van der Waals surface area (Å²) in [6, 6.07) is 10.6. The first-order valence-electron chi connectivity index (χ1n) is 10.1. The van der Waals surface area contributed by atoms with Crippen molar-refractivity contribution in [1.82, 2.24) is 9.21 Å². The summed E-state index contributed by atoms with van der Waals surface area (Å²) in [5, 5.41) is 0.702. The van der Waals surface area contributed by atoms with E-state index in [0.29, 0.717) is 5.25 Å². The molecule has 1 fully saturated rings. The first kappa shape index (κ1) is 22.0. The molecule has 2 aliphatic rings. The number of carbonyl (C=O) groups is 1. The number of nitrogens with zero attached hydrogens (tertiary/aromatic N) is 2. The third-order valence-electron chi connectivity index (χ3n) is 4.80. The van der Waals surface area contributed by atoms with Gasteiger partial charge in [0.15, 0.2) is 5.12 Å². The summed E-state index contributed by atoms with van der Waals surface area (Å²) in [5.41, 5.74) is 0. The van der Waals surface area contributed by atoms with Gasteiger partial charge in [-0.2, -0.15) is 0 Å². The van der Waals surface area contributed by atoms with E-state index < -0.39 is 0 Å². The fourth-order valence-electron chi connectivity index (χ4n) is 3.32. The third-order valence-corrected chi connectivity index (χ3v) is 7.92. The van der Waals surface area contributed by atoms with Gasteiger partial charge in [-0.3, -0.25) is 4.79 Å². The predicted molar refractivity (Wildman–Crippen MR) is 126 cm³/mol. The third kappa shape index (κ3) is 7.99. The largest absolute Gasteiger partial charge is 0.302 e. The first-order valence-corrected chi connectivity index (χ1v) is 12.7. The van der Waals surface area contributed by atoms with Gasteiger partial charge in [0.2, 0.25) is 0 Å². The van der Waals surface area contributed by atoms with E-state index in [2.05, 4.69) is 57.8 Å². The van der Waals surface area contributed by atoms with Crippen LogP contribution in [0.1, 0.15) is 26.2 Å². The van der Waals surface area contributed by atoms with Gasteiger partial charge in [0.05, 0.1) is 0 Å². The summed E-state index contributed by atoms with van der Waals surface area (Å²) in [4.78, 5) is 16.5. The first-order chi connectivity index (χ1) is 13.7. The van der Waals surface area contributed by atoms with Crippen LogP contribution >= 0.6 is 35.5 Å². The highest BCUT2D eigenvalue weighted by molar-refractivity contribution is 8.13. The van der Waals surface area contributed by atoms with Crippen LogP contribution in [-0.2, 0) is 4.79 Å². The number of rotatable bonds is 10. The normalized spacial score (nSPS) is 19.9. The monoisotopic (exact) mass is 434 g/mol. The molecule has 1 heterocycles. The highest BCUT2D eigenvalue weighted by Crippen LogP contribution is 2.33. The summed E-state index contributed by atoms with van der Waals surface area (Å²) < 4.78 is 2.48. The lowest BCUT2D eigenvalue weighted by Gasteiger charge is -2.27. The Balaban J connectivity index is 1.47. The molecular formula is C22H30N2OS3. The molecule has 1 aliphatic heterocycles. The molecule has 1 aromatic rings. The number of hydrogen-bond acceptors (Lipinski definition) is 6. The van der Waals surface area contributed by atoms with Gasteiger partial charge in [-0.05, 0) is 44.5 Å². The molecule has 1 aromatic carbocycles. The molecule has 1 atom stereocenters. The van der Waals surface area contributed by atoms with Crippen LogP contribution in [0.3, 0.4) is 0 Å². The van der Waals surface area contributed by atoms with E-state index in [0.717, 1.165) is 31.8 Å². The summed E-state index contributed by atoms with van der Waals surface area (Å²) >= 11 is 5.22. The summed E-state index contributed by atoms with van der Waals surface area (Å²) in [6.07, 6.45) is 10.7. The molecule has 152 valence electrons.